The minimum atomic E-state index is 0.117. The lowest BCUT2D eigenvalue weighted by molar-refractivity contribution is -0.00360. The Morgan fingerprint density at radius 1 is 1.04 bits per heavy atom. The van der Waals surface area contributed by atoms with E-state index in [1.807, 2.05) is 19.1 Å². The molecule has 0 spiro atoms. The molecule has 140 valence electrons. The Bertz CT molecular complexity index is 854. The van der Waals surface area contributed by atoms with Gasteiger partial charge in [-0.2, -0.15) is 0 Å². The van der Waals surface area contributed by atoms with E-state index in [0.717, 1.165) is 12.1 Å². The summed E-state index contributed by atoms with van der Waals surface area (Å²) in [4.78, 5) is 22.7. The molecule has 0 aliphatic carbocycles. The highest BCUT2D eigenvalue weighted by atomic mass is 16.2. The highest BCUT2D eigenvalue weighted by Crippen LogP contribution is 2.47. The van der Waals surface area contributed by atoms with Gasteiger partial charge in [0.05, 0.1) is 6.04 Å². The Kier molecular flexibility index (Phi) is 4.05. The summed E-state index contributed by atoms with van der Waals surface area (Å²) in [6.07, 6.45) is 4.17. The van der Waals surface area contributed by atoms with Crippen molar-refractivity contribution in [3.63, 3.8) is 0 Å². The maximum absolute atomic E-state index is 13.5. The largest absolute Gasteiger partial charge is 0.332 e. The topological polar surface area (TPSA) is 36.4 Å². The van der Waals surface area contributed by atoms with Gasteiger partial charge in [-0.05, 0) is 62.9 Å². The summed E-state index contributed by atoms with van der Waals surface area (Å²) in [5.74, 6) is 1.14. The van der Waals surface area contributed by atoms with Gasteiger partial charge in [0.2, 0.25) is 0 Å². The molecule has 3 atom stereocenters. The number of likely N-dealkylation sites (tertiary alicyclic amines) is 1. The van der Waals surface area contributed by atoms with E-state index >= 15 is 0 Å². The molecule has 4 saturated heterocycles. The molecule has 4 aliphatic heterocycles. The fraction of sp³-hybridized carbons (Fsp3) is 0.478. The molecule has 27 heavy (non-hydrogen) atoms. The van der Waals surface area contributed by atoms with E-state index < -0.39 is 0 Å². The molecule has 5 heterocycles. The van der Waals surface area contributed by atoms with Crippen molar-refractivity contribution in [3.8, 4) is 0 Å². The molecular weight excluding hydrogens is 334 g/mol. The van der Waals surface area contributed by atoms with Gasteiger partial charge in [-0.25, -0.2) is 0 Å². The van der Waals surface area contributed by atoms with Crippen molar-refractivity contribution in [2.24, 2.45) is 5.92 Å². The molecular formula is C23H27N3O. The number of aromatic nitrogens is 1. The van der Waals surface area contributed by atoms with Crippen molar-refractivity contribution in [2.75, 3.05) is 19.6 Å². The number of aryl methyl sites for hydroxylation is 2. The van der Waals surface area contributed by atoms with E-state index in [1.165, 1.54) is 37.1 Å². The molecule has 0 saturated carbocycles. The SMILES string of the molecule is Cc1ccc([C@@H]2CN(C(=O)c3ncccc3C)[C@H]3C4CCN(CC4)[C@@H]23)cc1. The van der Waals surface area contributed by atoms with E-state index in [-0.39, 0.29) is 5.91 Å². The standard InChI is InChI=1S/C23H27N3O/c1-15-5-7-17(8-6-15)19-14-26(23(27)20-16(2)4-3-11-24-20)21-18-9-12-25(13-10-18)22(19)21/h3-8,11,18-19,21-22H,9-10,12-14H2,1-2H3/t19-,21-,22-/m0/s1. The summed E-state index contributed by atoms with van der Waals surface area (Å²) < 4.78 is 0. The van der Waals surface area contributed by atoms with Gasteiger partial charge in [-0.1, -0.05) is 35.9 Å². The molecule has 2 aromatic rings. The Morgan fingerprint density at radius 3 is 2.48 bits per heavy atom. The average molecular weight is 361 g/mol. The van der Waals surface area contributed by atoms with Gasteiger partial charge in [0.25, 0.3) is 5.91 Å². The van der Waals surface area contributed by atoms with Gasteiger partial charge in [0, 0.05) is 24.7 Å². The molecule has 0 unspecified atom stereocenters. The number of carbonyl (C=O) groups is 1. The average Bonchev–Trinajstić information content (AvgIpc) is 3.12. The van der Waals surface area contributed by atoms with Crippen LogP contribution < -0.4 is 0 Å². The van der Waals surface area contributed by atoms with Crippen LogP contribution in [0.15, 0.2) is 42.6 Å². The summed E-state index contributed by atoms with van der Waals surface area (Å²) in [5, 5.41) is 0. The number of fused-ring (bicyclic) bond motifs is 2. The number of carbonyl (C=O) groups excluding carboxylic acids is 1. The number of benzene rings is 1. The maximum Gasteiger partial charge on any atom is 0.273 e. The van der Waals surface area contributed by atoms with E-state index in [9.17, 15) is 4.79 Å². The van der Waals surface area contributed by atoms with Crippen molar-refractivity contribution in [2.45, 2.75) is 44.7 Å². The second-order valence-electron chi connectivity index (χ2n) is 8.50. The molecule has 1 aromatic heterocycles. The molecule has 1 aromatic carbocycles. The molecule has 4 aliphatic rings. The fourth-order valence-corrected chi connectivity index (χ4v) is 5.61. The number of rotatable bonds is 2. The van der Waals surface area contributed by atoms with Crippen LogP contribution in [0.4, 0.5) is 0 Å². The number of piperidine rings is 3. The number of pyridine rings is 1. The molecule has 4 fully saturated rings. The zero-order valence-electron chi connectivity index (χ0n) is 16.1. The van der Waals surface area contributed by atoms with Crippen LogP contribution in [0.3, 0.4) is 0 Å². The Hall–Kier alpha value is -2.20. The number of nitrogens with zero attached hydrogens (tertiary/aromatic N) is 3. The van der Waals surface area contributed by atoms with E-state index in [0.29, 0.717) is 29.6 Å². The van der Waals surface area contributed by atoms with Gasteiger partial charge in [0.15, 0.2) is 0 Å². The fourth-order valence-electron chi connectivity index (χ4n) is 5.61. The number of amides is 1. The lowest BCUT2D eigenvalue weighted by Crippen LogP contribution is -2.60. The third kappa shape index (κ3) is 2.69. The van der Waals surface area contributed by atoms with Crippen molar-refractivity contribution >= 4 is 5.91 Å². The Morgan fingerprint density at radius 2 is 1.78 bits per heavy atom. The minimum absolute atomic E-state index is 0.117. The van der Waals surface area contributed by atoms with Gasteiger partial charge >= 0.3 is 0 Å². The lowest BCUT2D eigenvalue weighted by Gasteiger charge is -2.51. The summed E-state index contributed by atoms with van der Waals surface area (Å²) >= 11 is 0. The van der Waals surface area contributed by atoms with Crippen LogP contribution >= 0.6 is 0 Å². The number of hydrogen-bond acceptors (Lipinski definition) is 3. The van der Waals surface area contributed by atoms with E-state index in [2.05, 4.69) is 46.0 Å². The van der Waals surface area contributed by atoms with Crippen LogP contribution in [0.5, 0.6) is 0 Å². The lowest BCUT2D eigenvalue weighted by atomic mass is 9.75. The third-order valence-electron chi connectivity index (χ3n) is 6.97. The Balaban J connectivity index is 1.53. The zero-order chi connectivity index (χ0) is 18.5. The van der Waals surface area contributed by atoms with Crippen molar-refractivity contribution in [1.29, 1.82) is 0 Å². The van der Waals surface area contributed by atoms with E-state index in [4.69, 9.17) is 0 Å². The summed E-state index contributed by atoms with van der Waals surface area (Å²) in [6, 6.07) is 13.6. The van der Waals surface area contributed by atoms with Gasteiger partial charge in [-0.3, -0.25) is 14.7 Å². The first kappa shape index (κ1) is 16.9. The predicted octanol–water partition coefficient (Wildman–Crippen LogP) is 3.40. The third-order valence-corrected chi connectivity index (χ3v) is 6.97. The molecule has 2 bridgehead atoms. The van der Waals surface area contributed by atoms with Crippen LogP contribution in [-0.2, 0) is 0 Å². The highest BCUT2D eigenvalue weighted by Gasteiger charge is 2.54. The van der Waals surface area contributed by atoms with Crippen LogP contribution in [0.25, 0.3) is 0 Å². The molecule has 4 heteroatoms. The predicted molar refractivity (Wildman–Crippen MR) is 106 cm³/mol. The summed E-state index contributed by atoms with van der Waals surface area (Å²) in [6.45, 7) is 7.28. The number of hydrogen-bond donors (Lipinski definition) is 0. The van der Waals surface area contributed by atoms with Crippen LogP contribution in [-0.4, -0.2) is 52.4 Å². The van der Waals surface area contributed by atoms with Gasteiger partial charge < -0.3 is 4.90 Å². The van der Waals surface area contributed by atoms with Crippen LogP contribution in [0.1, 0.15) is 45.9 Å². The minimum Gasteiger partial charge on any atom is -0.332 e. The first-order valence-corrected chi connectivity index (χ1v) is 10.2. The molecule has 1 amide bonds. The smallest absolute Gasteiger partial charge is 0.273 e. The normalized spacial score (nSPS) is 31.8. The summed E-state index contributed by atoms with van der Waals surface area (Å²) in [7, 11) is 0. The molecule has 4 nitrogen and oxygen atoms in total. The van der Waals surface area contributed by atoms with Crippen LogP contribution in [0.2, 0.25) is 0 Å². The first-order chi connectivity index (χ1) is 13.1. The molecule has 0 radical (unpaired) electrons. The van der Waals surface area contributed by atoms with Crippen LogP contribution in [0, 0.1) is 19.8 Å². The van der Waals surface area contributed by atoms with Crippen molar-refractivity contribution in [1.82, 2.24) is 14.8 Å². The van der Waals surface area contributed by atoms with E-state index in [1.54, 1.807) is 6.20 Å². The second kappa shape index (κ2) is 6.45. The quantitative estimate of drug-likeness (QED) is 0.823. The van der Waals surface area contributed by atoms with Gasteiger partial charge in [-0.15, -0.1) is 0 Å². The van der Waals surface area contributed by atoms with Gasteiger partial charge in [0.1, 0.15) is 5.69 Å². The monoisotopic (exact) mass is 361 g/mol. The zero-order valence-corrected chi connectivity index (χ0v) is 16.1. The van der Waals surface area contributed by atoms with Crippen molar-refractivity contribution in [3.05, 3.63) is 65.0 Å². The Labute approximate surface area is 161 Å². The first-order valence-electron chi connectivity index (χ1n) is 10.2. The second-order valence-corrected chi connectivity index (χ2v) is 8.50. The summed E-state index contributed by atoms with van der Waals surface area (Å²) in [5.41, 5.74) is 4.25. The highest BCUT2D eigenvalue weighted by molar-refractivity contribution is 5.94. The maximum atomic E-state index is 13.5. The van der Waals surface area contributed by atoms with Crippen molar-refractivity contribution < 1.29 is 4.79 Å². The molecule has 6 rings (SSSR count). The molecule has 0 N–H and O–H groups in total.